The Labute approximate surface area is 101 Å². The van der Waals surface area contributed by atoms with Crippen LogP contribution in [0.4, 0.5) is 0 Å². The minimum absolute atomic E-state index is 0.0681. The highest BCUT2D eigenvalue weighted by atomic mass is 16.3. The molecule has 0 radical (unpaired) electrons. The van der Waals surface area contributed by atoms with Crippen molar-refractivity contribution >= 4 is 11.0 Å². The van der Waals surface area contributed by atoms with Gasteiger partial charge >= 0.3 is 0 Å². The predicted octanol–water partition coefficient (Wildman–Crippen LogP) is 2.43. The van der Waals surface area contributed by atoms with Crippen molar-refractivity contribution in [3.63, 3.8) is 0 Å². The van der Waals surface area contributed by atoms with Crippen LogP contribution in [0.3, 0.4) is 0 Å². The third kappa shape index (κ3) is 1.66. The Morgan fingerprint density at radius 2 is 2.18 bits per heavy atom. The normalized spacial score (nSPS) is 19.4. The summed E-state index contributed by atoms with van der Waals surface area (Å²) in [6, 6.07) is 8.17. The zero-order chi connectivity index (χ0) is 11.9. The first-order valence-electron chi connectivity index (χ1n) is 6.13. The molecule has 0 saturated heterocycles. The van der Waals surface area contributed by atoms with Crippen LogP contribution in [0, 0.1) is 5.41 Å². The van der Waals surface area contributed by atoms with Crippen LogP contribution in [0.1, 0.15) is 24.4 Å². The smallest absolute Gasteiger partial charge is 0.134 e. The first kappa shape index (κ1) is 10.8. The van der Waals surface area contributed by atoms with Gasteiger partial charge in [0.25, 0.3) is 0 Å². The van der Waals surface area contributed by atoms with Gasteiger partial charge in [-0.25, -0.2) is 0 Å². The van der Waals surface area contributed by atoms with Gasteiger partial charge in [-0.05, 0) is 26.0 Å². The number of rotatable bonds is 4. The predicted molar refractivity (Wildman–Crippen MR) is 68.7 cm³/mol. The molecule has 1 aliphatic carbocycles. The van der Waals surface area contributed by atoms with Crippen molar-refractivity contribution in [3.8, 4) is 0 Å². The molecule has 3 nitrogen and oxygen atoms in total. The lowest BCUT2D eigenvalue weighted by Crippen LogP contribution is -2.31. The minimum atomic E-state index is 0.0681. The fourth-order valence-corrected chi connectivity index (χ4v) is 2.68. The quantitative estimate of drug-likeness (QED) is 0.848. The average Bonchev–Trinajstić information content (AvgIpc) is 3.01. The molecule has 1 saturated carbocycles. The second-order valence-electron chi connectivity index (χ2n) is 5.06. The van der Waals surface area contributed by atoms with Gasteiger partial charge in [-0.15, -0.1) is 0 Å². The summed E-state index contributed by atoms with van der Waals surface area (Å²) in [5.74, 6) is 0. The molecule has 1 aromatic heterocycles. The summed E-state index contributed by atoms with van der Waals surface area (Å²) in [6.45, 7) is 0.980. The van der Waals surface area contributed by atoms with Crippen LogP contribution >= 0.6 is 0 Å². The summed E-state index contributed by atoms with van der Waals surface area (Å²) in [7, 11) is 1.99. The Morgan fingerprint density at radius 3 is 2.88 bits per heavy atom. The summed E-state index contributed by atoms with van der Waals surface area (Å²) in [4.78, 5) is 0. The third-order valence-corrected chi connectivity index (χ3v) is 3.93. The van der Waals surface area contributed by atoms with E-state index in [1.165, 1.54) is 12.8 Å². The lowest BCUT2D eigenvalue weighted by molar-refractivity contribution is 0.391. The number of para-hydroxylation sites is 1. The summed E-state index contributed by atoms with van der Waals surface area (Å²) in [6.07, 6.45) is 4.23. The van der Waals surface area contributed by atoms with Crippen molar-refractivity contribution in [2.45, 2.75) is 18.9 Å². The molecule has 3 heteroatoms. The standard InChI is InChI=1S/C14H18N2O/c1-16-9-14(6-7-14)13(15)11-8-17-12-5-3-2-4-10(11)12/h2-5,8,13,16H,6-7,9,15H2,1H3. The van der Waals surface area contributed by atoms with Crippen molar-refractivity contribution in [2.75, 3.05) is 13.6 Å². The number of hydrogen-bond acceptors (Lipinski definition) is 3. The molecule has 1 aliphatic rings. The SMILES string of the molecule is CNCC1(C(N)c2coc3ccccc23)CC1. The van der Waals surface area contributed by atoms with E-state index in [4.69, 9.17) is 10.2 Å². The van der Waals surface area contributed by atoms with Crippen LogP contribution in [0.2, 0.25) is 0 Å². The van der Waals surface area contributed by atoms with E-state index in [2.05, 4.69) is 11.4 Å². The number of hydrogen-bond donors (Lipinski definition) is 2. The number of nitrogens with two attached hydrogens (primary N) is 1. The molecule has 1 unspecified atom stereocenters. The second-order valence-corrected chi connectivity index (χ2v) is 5.06. The van der Waals surface area contributed by atoms with Crippen molar-refractivity contribution in [3.05, 3.63) is 36.1 Å². The molecule has 2 aromatic rings. The van der Waals surface area contributed by atoms with Crippen LogP contribution in [0.5, 0.6) is 0 Å². The van der Waals surface area contributed by atoms with Crippen LogP contribution in [-0.4, -0.2) is 13.6 Å². The maximum atomic E-state index is 6.43. The lowest BCUT2D eigenvalue weighted by atomic mass is 9.90. The van der Waals surface area contributed by atoms with E-state index in [1.54, 1.807) is 0 Å². The molecule has 3 N–H and O–H groups in total. The molecule has 1 heterocycles. The van der Waals surface area contributed by atoms with Gasteiger partial charge in [-0.3, -0.25) is 0 Å². The van der Waals surface area contributed by atoms with Gasteiger partial charge in [-0.1, -0.05) is 18.2 Å². The van der Waals surface area contributed by atoms with E-state index in [-0.39, 0.29) is 11.5 Å². The lowest BCUT2D eigenvalue weighted by Gasteiger charge is -2.22. The van der Waals surface area contributed by atoms with Gasteiger partial charge in [-0.2, -0.15) is 0 Å². The van der Waals surface area contributed by atoms with Crippen molar-refractivity contribution in [2.24, 2.45) is 11.1 Å². The molecule has 3 rings (SSSR count). The maximum Gasteiger partial charge on any atom is 0.134 e. The van der Waals surface area contributed by atoms with Crippen LogP contribution in [0.15, 0.2) is 34.9 Å². The minimum Gasteiger partial charge on any atom is -0.464 e. The zero-order valence-corrected chi connectivity index (χ0v) is 10.1. The number of fused-ring (bicyclic) bond motifs is 1. The van der Waals surface area contributed by atoms with Gasteiger partial charge in [0.1, 0.15) is 5.58 Å². The Balaban J connectivity index is 1.98. The molecular weight excluding hydrogens is 212 g/mol. The number of benzene rings is 1. The van der Waals surface area contributed by atoms with E-state index in [9.17, 15) is 0 Å². The Bertz CT molecular complexity index is 528. The van der Waals surface area contributed by atoms with E-state index in [1.807, 2.05) is 31.5 Å². The van der Waals surface area contributed by atoms with E-state index in [0.29, 0.717) is 0 Å². The van der Waals surface area contributed by atoms with Crippen LogP contribution in [0.25, 0.3) is 11.0 Å². The van der Waals surface area contributed by atoms with Gasteiger partial charge in [0.15, 0.2) is 0 Å². The second kappa shape index (κ2) is 3.86. The van der Waals surface area contributed by atoms with Gasteiger partial charge in [0.2, 0.25) is 0 Å². The van der Waals surface area contributed by atoms with Crippen LogP contribution < -0.4 is 11.1 Å². The highest BCUT2D eigenvalue weighted by Gasteiger charge is 2.48. The van der Waals surface area contributed by atoms with E-state index >= 15 is 0 Å². The summed E-state index contributed by atoms with van der Waals surface area (Å²) in [5.41, 5.74) is 8.74. The summed E-state index contributed by atoms with van der Waals surface area (Å²) in [5, 5.41) is 4.41. The molecular formula is C14H18N2O. The topological polar surface area (TPSA) is 51.2 Å². The molecule has 1 atom stereocenters. The highest BCUT2D eigenvalue weighted by Crippen LogP contribution is 2.54. The number of nitrogens with one attached hydrogen (secondary N) is 1. The first-order chi connectivity index (χ1) is 8.27. The molecule has 90 valence electrons. The van der Waals surface area contributed by atoms with Crippen molar-refractivity contribution in [1.29, 1.82) is 0 Å². The molecule has 0 spiro atoms. The first-order valence-corrected chi connectivity index (χ1v) is 6.13. The van der Waals surface area contributed by atoms with Crippen LogP contribution in [-0.2, 0) is 0 Å². The fraction of sp³-hybridized carbons (Fsp3) is 0.429. The van der Waals surface area contributed by atoms with E-state index < -0.39 is 0 Å². The molecule has 0 aliphatic heterocycles. The molecule has 17 heavy (non-hydrogen) atoms. The Kier molecular flexibility index (Phi) is 2.45. The zero-order valence-electron chi connectivity index (χ0n) is 10.1. The Hall–Kier alpha value is -1.32. The molecule has 1 fully saturated rings. The third-order valence-electron chi connectivity index (χ3n) is 3.93. The molecule has 0 bridgehead atoms. The summed E-state index contributed by atoms with van der Waals surface area (Å²) < 4.78 is 5.57. The maximum absolute atomic E-state index is 6.43. The highest BCUT2D eigenvalue weighted by molar-refractivity contribution is 5.81. The van der Waals surface area contributed by atoms with Crippen molar-refractivity contribution < 1.29 is 4.42 Å². The van der Waals surface area contributed by atoms with Gasteiger partial charge < -0.3 is 15.5 Å². The average molecular weight is 230 g/mol. The Morgan fingerprint density at radius 1 is 1.41 bits per heavy atom. The fourth-order valence-electron chi connectivity index (χ4n) is 2.68. The monoisotopic (exact) mass is 230 g/mol. The molecule has 0 amide bonds. The van der Waals surface area contributed by atoms with Crippen molar-refractivity contribution in [1.82, 2.24) is 5.32 Å². The largest absolute Gasteiger partial charge is 0.464 e. The molecule has 1 aromatic carbocycles. The summed E-state index contributed by atoms with van der Waals surface area (Å²) >= 11 is 0. The van der Waals surface area contributed by atoms with Gasteiger partial charge in [0, 0.05) is 29.0 Å². The van der Waals surface area contributed by atoms with Gasteiger partial charge in [0.05, 0.1) is 6.26 Å². The number of furan rings is 1. The van der Waals surface area contributed by atoms with E-state index in [0.717, 1.165) is 23.1 Å².